The fourth-order valence-corrected chi connectivity index (χ4v) is 2.33. The second kappa shape index (κ2) is 12.5. The minimum Gasteiger partial charge on any atom is -0.330 e. The van der Waals surface area contributed by atoms with E-state index in [4.69, 9.17) is 11.3 Å². The highest BCUT2D eigenvalue weighted by Crippen LogP contribution is 2.11. The predicted octanol–water partition coefficient (Wildman–Crippen LogP) is 1.66. The topological polar surface area (TPSA) is 98.8 Å². The third kappa shape index (κ3) is 9.08. The molecule has 0 amide bonds. The number of azide groups is 1. The Morgan fingerprint density at radius 2 is 1.47 bits per heavy atom. The third-order valence-electron chi connectivity index (χ3n) is 3.65. The third-order valence-corrected chi connectivity index (χ3v) is 3.65. The Hall–Kier alpha value is -0.520. The molecule has 2 rings (SSSR count). The Labute approximate surface area is 121 Å². The maximum Gasteiger partial charge on any atom is 0.0287 e. The number of nitrogens with zero attached hydrogens (tertiary/aromatic N) is 3. The Kier molecular flexibility index (Phi) is 12.2. The Bertz CT molecular complexity index is 245. The van der Waals surface area contributed by atoms with E-state index >= 15 is 0 Å². The second-order valence-corrected chi connectivity index (χ2v) is 5.04. The summed E-state index contributed by atoms with van der Waals surface area (Å²) in [6.07, 6.45) is 4.85. The number of hydrogen-bond donors (Lipinski definition) is 3. The smallest absolute Gasteiger partial charge is 0.0287 e. The molecule has 7 heteroatoms. The van der Waals surface area contributed by atoms with Gasteiger partial charge in [0.15, 0.2) is 0 Å². The van der Waals surface area contributed by atoms with Gasteiger partial charge in [-0.05, 0) is 75.8 Å². The van der Waals surface area contributed by atoms with Crippen molar-refractivity contribution >= 4 is 12.4 Å². The summed E-state index contributed by atoms with van der Waals surface area (Å²) in [5, 5.41) is 10.1. The number of piperidine rings is 2. The molecule has 0 saturated carbocycles. The van der Waals surface area contributed by atoms with Crippen molar-refractivity contribution in [2.24, 2.45) is 22.7 Å². The summed E-state index contributed by atoms with van der Waals surface area (Å²) in [5.41, 5.74) is 13.5. The molecule has 0 aromatic carbocycles. The van der Waals surface area contributed by atoms with Crippen molar-refractivity contribution in [1.82, 2.24) is 10.6 Å². The van der Waals surface area contributed by atoms with E-state index in [0.717, 1.165) is 38.4 Å². The van der Waals surface area contributed by atoms with E-state index in [2.05, 4.69) is 20.7 Å². The van der Waals surface area contributed by atoms with Gasteiger partial charge >= 0.3 is 0 Å². The monoisotopic (exact) mass is 290 g/mol. The number of halogens is 1. The molecule has 2 heterocycles. The Morgan fingerprint density at radius 1 is 1.00 bits per heavy atom. The molecule has 0 unspecified atom stereocenters. The average Bonchev–Trinajstić information content (AvgIpc) is 2.48. The molecule has 0 aliphatic carbocycles. The summed E-state index contributed by atoms with van der Waals surface area (Å²) < 4.78 is 0. The van der Waals surface area contributed by atoms with E-state index in [9.17, 15) is 0 Å². The van der Waals surface area contributed by atoms with Crippen LogP contribution in [0, 0.1) is 11.8 Å². The van der Waals surface area contributed by atoms with Gasteiger partial charge in [-0.3, -0.25) is 0 Å². The molecule has 112 valence electrons. The summed E-state index contributed by atoms with van der Waals surface area (Å²) in [6.45, 7) is 6.04. The predicted molar refractivity (Wildman–Crippen MR) is 81.5 cm³/mol. The number of nitrogens with one attached hydrogen (secondary N) is 2. The van der Waals surface area contributed by atoms with Crippen molar-refractivity contribution < 1.29 is 0 Å². The molecule has 6 nitrogen and oxygen atoms in total. The van der Waals surface area contributed by atoms with Crippen molar-refractivity contribution in [1.29, 1.82) is 0 Å². The SMILES string of the molecule is Cl.NCC1CCNCC1.[N-]=[N+]=NCC1CCNCC1. The lowest BCUT2D eigenvalue weighted by atomic mass is 9.99. The van der Waals surface area contributed by atoms with Gasteiger partial charge in [0.1, 0.15) is 0 Å². The normalized spacial score (nSPS) is 20.5. The zero-order valence-corrected chi connectivity index (χ0v) is 12.4. The molecule has 4 N–H and O–H groups in total. The van der Waals surface area contributed by atoms with Crippen LogP contribution in [0.3, 0.4) is 0 Å². The quantitative estimate of drug-likeness (QED) is 0.419. The van der Waals surface area contributed by atoms with Crippen LogP contribution in [-0.4, -0.2) is 39.3 Å². The first-order valence-electron chi connectivity index (χ1n) is 6.99. The van der Waals surface area contributed by atoms with Crippen LogP contribution in [0.4, 0.5) is 0 Å². The fraction of sp³-hybridized carbons (Fsp3) is 1.00. The van der Waals surface area contributed by atoms with Gasteiger partial charge in [0, 0.05) is 11.5 Å². The number of nitrogens with two attached hydrogens (primary N) is 1. The van der Waals surface area contributed by atoms with Crippen LogP contribution < -0.4 is 16.4 Å². The first-order chi connectivity index (χ1) is 8.86. The molecule has 2 aliphatic rings. The van der Waals surface area contributed by atoms with Gasteiger partial charge < -0.3 is 16.4 Å². The molecule has 0 atom stereocenters. The molecule has 0 aromatic rings. The zero-order valence-electron chi connectivity index (χ0n) is 11.6. The zero-order chi connectivity index (χ0) is 13.1. The van der Waals surface area contributed by atoms with Gasteiger partial charge in [-0.25, -0.2) is 0 Å². The molecule has 0 aromatic heterocycles. The highest BCUT2D eigenvalue weighted by Gasteiger charge is 2.10. The maximum absolute atomic E-state index is 8.04. The van der Waals surface area contributed by atoms with Gasteiger partial charge in [0.25, 0.3) is 0 Å². The van der Waals surface area contributed by atoms with Crippen LogP contribution in [0.1, 0.15) is 25.7 Å². The van der Waals surface area contributed by atoms with Crippen LogP contribution in [0.5, 0.6) is 0 Å². The molecular weight excluding hydrogens is 264 g/mol. The molecule has 0 spiro atoms. The first-order valence-corrected chi connectivity index (χ1v) is 6.99. The van der Waals surface area contributed by atoms with Gasteiger partial charge in [-0.1, -0.05) is 5.11 Å². The maximum atomic E-state index is 8.04. The minimum atomic E-state index is 0. The molecule has 0 bridgehead atoms. The summed E-state index contributed by atoms with van der Waals surface area (Å²) in [5.74, 6) is 1.42. The van der Waals surface area contributed by atoms with Crippen molar-refractivity contribution in [3.05, 3.63) is 10.4 Å². The second-order valence-electron chi connectivity index (χ2n) is 5.04. The fourth-order valence-electron chi connectivity index (χ4n) is 2.33. The highest BCUT2D eigenvalue weighted by atomic mass is 35.5. The van der Waals surface area contributed by atoms with Crippen molar-refractivity contribution in [3.8, 4) is 0 Å². The van der Waals surface area contributed by atoms with E-state index < -0.39 is 0 Å². The molecule has 2 saturated heterocycles. The van der Waals surface area contributed by atoms with Gasteiger partial charge in [-0.15, -0.1) is 12.4 Å². The van der Waals surface area contributed by atoms with Crippen LogP contribution >= 0.6 is 12.4 Å². The van der Waals surface area contributed by atoms with E-state index in [1.807, 2.05) is 0 Å². The molecule has 19 heavy (non-hydrogen) atoms. The molecule has 0 radical (unpaired) electrons. The molecule has 2 fully saturated rings. The molecule has 2 aliphatic heterocycles. The van der Waals surface area contributed by atoms with Crippen molar-refractivity contribution in [3.63, 3.8) is 0 Å². The number of hydrogen-bond acceptors (Lipinski definition) is 4. The standard InChI is InChI=1S/C6H12N4.C6H14N2.ClH/c7-10-9-5-6-1-3-8-4-2-6;7-5-6-1-3-8-4-2-6;/h6,8H,1-5H2;6,8H,1-5,7H2;1H. The van der Waals surface area contributed by atoms with Crippen molar-refractivity contribution in [2.75, 3.05) is 39.3 Å². The lowest BCUT2D eigenvalue weighted by molar-refractivity contribution is 0.382. The number of rotatable bonds is 3. The average molecular weight is 291 g/mol. The van der Waals surface area contributed by atoms with Gasteiger partial charge in [-0.2, -0.15) is 0 Å². The van der Waals surface area contributed by atoms with E-state index in [1.54, 1.807) is 0 Å². The van der Waals surface area contributed by atoms with Crippen molar-refractivity contribution in [2.45, 2.75) is 25.7 Å². The van der Waals surface area contributed by atoms with E-state index in [1.165, 1.54) is 25.9 Å². The largest absolute Gasteiger partial charge is 0.330 e. The first kappa shape index (κ1) is 18.5. The summed E-state index contributed by atoms with van der Waals surface area (Å²) in [4.78, 5) is 2.73. The van der Waals surface area contributed by atoms with Crippen LogP contribution in [0.15, 0.2) is 5.11 Å². The Morgan fingerprint density at radius 3 is 1.84 bits per heavy atom. The van der Waals surface area contributed by atoms with Gasteiger partial charge in [0.05, 0.1) is 0 Å². The van der Waals surface area contributed by atoms with Crippen LogP contribution in [-0.2, 0) is 0 Å². The van der Waals surface area contributed by atoms with E-state index in [0.29, 0.717) is 12.5 Å². The van der Waals surface area contributed by atoms with E-state index in [-0.39, 0.29) is 12.4 Å². The lowest BCUT2D eigenvalue weighted by Crippen LogP contribution is -2.31. The lowest BCUT2D eigenvalue weighted by Gasteiger charge is -2.20. The highest BCUT2D eigenvalue weighted by molar-refractivity contribution is 5.85. The summed E-state index contributed by atoms with van der Waals surface area (Å²) in [7, 11) is 0. The van der Waals surface area contributed by atoms with Crippen LogP contribution in [0.25, 0.3) is 10.4 Å². The minimum absolute atomic E-state index is 0. The van der Waals surface area contributed by atoms with Gasteiger partial charge in [0.2, 0.25) is 0 Å². The Balaban J connectivity index is 0.000000331. The summed E-state index contributed by atoms with van der Waals surface area (Å²) in [6, 6.07) is 0. The van der Waals surface area contributed by atoms with Crippen LogP contribution in [0.2, 0.25) is 0 Å². The molecular formula is C12H27ClN6. The summed E-state index contributed by atoms with van der Waals surface area (Å²) >= 11 is 0.